The number of halogens is 2. The second kappa shape index (κ2) is 4.85. The second-order valence-corrected chi connectivity index (χ2v) is 5.17. The predicted molar refractivity (Wildman–Crippen MR) is 80.7 cm³/mol. The van der Waals surface area contributed by atoms with Crippen molar-refractivity contribution < 1.29 is 9.90 Å². The van der Waals surface area contributed by atoms with Crippen molar-refractivity contribution >= 4 is 40.1 Å². The van der Waals surface area contributed by atoms with Gasteiger partial charge in [0, 0.05) is 16.5 Å². The Bertz CT molecular complexity index is 824. The molecular formula is C15H9Cl2NO2. The normalized spacial score (nSPS) is 10.9. The Labute approximate surface area is 124 Å². The molecule has 0 unspecified atom stereocenters. The van der Waals surface area contributed by atoms with Gasteiger partial charge in [-0.3, -0.25) is 0 Å². The van der Waals surface area contributed by atoms with E-state index in [1.54, 1.807) is 30.3 Å². The molecule has 20 heavy (non-hydrogen) atoms. The molecule has 0 bridgehead atoms. The van der Waals surface area contributed by atoms with E-state index in [1.807, 2.05) is 12.1 Å². The fourth-order valence-electron chi connectivity index (χ4n) is 2.23. The van der Waals surface area contributed by atoms with Crippen LogP contribution in [0.1, 0.15) is 10.4 Å². The third-order valence-corrected chi connectivity index (χ3v) is 3.87. The minimum absolute atomic E-state index is 0.235. The van der Waals surface area contributed by atoms with Crippen molar-refractivity contribution in [3.8, 4) is 11.3 Å². The van der Waals surface area contributed by atoms with E-state index in [9.17, 15) is 9.90 Å². The number of hydrogen-bond acceptors (Lipinski definition) is 1. The molecule has 0 aliphatic rings. The van der Waals surface area contributed by atoms with E-state index >= 15 is 0 Å². The van der Waals surface area contributed by atoms with Crippen molar-refractivity contribution in [2.75, 3.05) is 0 Å². The zero-order valence-electron chi connectivity index (χ0n) is 10.2. The number of hydrogen-bond donors (Lipinski definition) is 2. The molecule has 2 N–H and O–H groups in total. The van der Waals surface area contributed by atoms with E-state index in [-0.39, 0.29) is 5.56 Å². The minimum Gasteiger partial charge on any atom is -0.478 e. The van der Waals surface area contributed by atoms with Crippen molar-refractivity contribution in [3.05, 3.63) is 58.1 Å². The smallest absolute Gasteiger partial charge is 0.338 e. The Balaban J connectivity index is 2.32. The quantitative estimate of drug-likeness (QED) is 0.711. The summed E-state index contributed by atoms with van der Waals surface area (Å²) in [7, 11) is 0. The molecule has 1 heterocycles. The number of H-pyrrole nitrogens is 1. The summed E-state index contributed by atoms with van der Waals surface area (Å²) in [6.07, 6.45) is 0. The molecule has 0 atom stereocenters. The monoisotopic (exact) mass is 305 g/mol. The highest BCUT2D eigenvalue weighted by Crippen LogP contribution is 2.33. The molecule has 3 aromatic rings. The zero-order valence-corrected chi connectivity index (χ0v) is 11.7. The fraction of sp³-hybridized carbons (Fsp3) is 0. The van der Waals surface area contributed by atoms with Crippen LogP contribution in [0.3, 0.4) is 0 Å². The summed E-state index contributed by atoms with van der Waals surface area (Å²) in [6.45, 7) is 0. The minimum atomic E-state index is -0.983. The van der Waals surface area contributed by atoms with Crippen LogP contribution < -0.4 is 0 Å². The van der Waals surface area contributed by atoms with Crippen LogP contribution in [0.2, 0.25) is 10.0 Å². The Morgan fingerprint density at radius 1 is 1.05 bits per heavy atom. The highest BCUT2D eigenvalue weighted by molar-refractivity contribution is 6.42. The average molecular weight is 306 g/mol. The Hall–Kier alpha value is -1.97. The number of nitrogens with one attached hydrogen (secondary N) is 1. The average Bonchev–Trinajstić information content (AvgIpc) is 2.81. The van der Waals surface area contributed by atoms with Crippen molar-refractivity contribution in [2.45, 2.75) is 0 Å². The number of carbonyl (C=O) groups is 1. The molecule has 0 saturated carbocycles. The molecule has 0 amide bonds. The van der Waals surface area contributed by atoms with Crippen molar-refractivity contribution in [2.24, 2.45) is 0 Å². The molecule has 5 heteroatoms. The second-order valence-electron chi connectivity index (χ2n) is 4.35. The maximum atomic E-state index is 11.5. The number of aromatic amines is 1. The summed E-state index contributed by atoms with van der Waals surface area (Å²) >= 11 is 11.9. The Morgan fingerprint density at radius 3 is 2.50 bits per heavy atom. The predicted octanol–water partition coefficient (Wildman–Crippen LogP) is 4.84. The summed E-state index contributed by atoms with van der Waals surface area (Å²) in [5.41, 5.74) is 2.22. The number of rotatable bonds is 2. The molecule has 1 aromatic heterocycles. The van der Waals surface area contributed by atoms with Crippen LogP contribution in [0.25, 0.3) is 22.2 Å². The molecule has 0 fully saturated rings. The van der Waals surface area contributed by atoms with Gasteiger partial charge < -0.3 is 10.1 Å². The van der Waals surface area contributed by atoms with E-state index < -0.39 is 5.97 Å². The molecule has 0 aliphatic carbocycles. The molecule has 2 aromatic carbocycles. The molecular weight excluding hydrogens is 297 g/mol. The first-order valence-electron chi connectivity index (χ1n) is 5.87. The van der Waals surface area contributed by atoms with E-state index in [0.29, 0.717) is 26.7 Å². The number of carboxylic acids is 1. The van der Waals surface area contributed by atoms with Crippen LogP contribution in [0.4, 0.5) is 0 Å². The van der Waals surface area contributed by atoms with Gasteiger partial charge in [0.2, 0.25) is 0 Å². The fourth-order valence-corrected chi connectivity index (χ4v) is 2.53. The lowest BCUT2D eigenvalue weighted by Gasteiger charge is -2.03. The molecule has 0 aliphatic heterocycles. The lowest BCUT2D eigenvalue weighted by molar-refractivity contribution is 0.0700. The van der Waals surface area contributed by atoms with Gasteiger partial charge >= 0.3 is 5.97 Å². The standard InChI is InChI=1S/C15H9Cl2NO2/c16-10-6-5-8(7-11(10)17)14-13(15(19)20)9-3-1-2-4-12(9)18-14/h1-7,18H,(H,19,20). The third-order valence-electron chi connectivity index (χ3n) is 3.13. The van der Waals surface area contributed by atoms with E-state index in [1.165, 1.54) is 0 Å². The summed E-state index contributed by atoms with van der Waals surface area (Å²) in [5, 5.41) is 10.9. The molecule has 3 nitrogen and oxygen atoms in total. The van der Waals surface area contributed by atoms with Gasteiger partial charge in [0.25, 0.3) is 0 Å². The van der Waals surface area contributed by atoms with Gasteiger partial charge in [-0.15, -0.1) is 0 Å². The van der Waals surface area contributed by atoms with Crippen molar-refractivity contribution in [1.82, 2.24) is 4.98 Å². The van der Waals surface area contributed by atoms with Crippen LogP contribution in [-0.2, 0) is 0 Å². The van der Waals surface area contributed by atoms with Gasteiger partial charge in [-0.2, -0.15) is 0 Å². The number of fused-ring (bicyclic) bond motifs is 1. The van der Waals surface area contributed by atoms with Crippen molar-refractivity contribution in [3.63, 3.8) is 0 Å². The lowest BCUT2D eigenvalue weighted by Crippen LogP contribution is -1.97. The van der Waals surface area contributed by atoms with Crippen LogP contribution >= 0.6 is 23.2 Å². The highest BCUT2D eigenvalue weighted by atomic mass is 35.5. The van der Waals surface area contributed by atoms with Gasteiger partial charge in [0.15, 0.2) is 0 Å². The number of aromatic carboxylic acids is 1. The SMILES string of the molecule is O=C(O)c1c(-c2ccc(Cl)c(Cl)c2)[nH]c2ccccc12. The van der Waals surface area contributed by atoms with Gasteiger partial charge in [0.05, 0.1) is 21.3 Å². The third kappa shape index (κ3) is 2.05. The highest BCUT2D eigenvalue weighted by Gasteiger charge is 2.19. The first-order valence-corrected chi connectivity index (χ1v) is 6.63. The number of para-hydroxylation sites is 1. The van der Waals surface area contributed by atoms with Crippen LogP contribution in [0.15, 0.2) is 42.5 Å². The van der Waals surface area contributed by atoms with Gasteiger partial charge in [-0.25, -0.2) is 4.79 Å². The molecule has 100 valence electrons. The Morgan fingerprint density at radius 2 is 1.80 bits per heavy atom. The van der Waals surface area contributed by atoms with E-state index in [4.69, 9.17) is 23.2 Å². The number of benzene rings is 2. The molecule has 3 rings (SSSR count). The maximum Gasteiger partial charge on any atom is 0.338 e. The first-order chi connectivity index (χ1) is 9.58. The summed E-state index contributed by atoms with van der Waals surface area (Å²) < 4.78 is 0. The topological polar surface area (TPSA) is 53.1 Å². The van der Waals surface area contributed by atoms with Gasteiger partial charge in [-0.05, 0) is 18.2 Å². The first kappa shape index (κ1) is 13.0. The van der Waals surface area contributed by atoms with Crippen LogP contribution in [-0.4, -0.2) is 16.1 Å². The summed E-state index contributed by atoms with van der Waals surface area (Å²) in [6, 6.07) is 12.3. The number of aromatic nitrogens is 1. The Kier molecular flexibility index (Phi) is 3.16. The summed E-state index contributed by atoms with van der Waals surface area (Å²) in [5.74, 6) is -0.983. The van der Waals surface area contributed by atoms with E-state index in [0.717, 1.165) is 5.52 Å². The lowest BCUT2D eigenvalue weighted by atomic mass is 10.1. The molecule has 0 radical (unpaired) electrons. The molecule has 0 saturated heterocycles. The van der Waals surface area contributed by atoms with Crippen LogP contribution in [0.5, 0.6) is 0 Å². The maximum absolute atomic E-state index is 11.5. The summed E-state index contributed by atoms with van der Waals surface area (Å²) in [4.78, 5) is 14.7. The van der Waals surface area contributed by atoms with Gasteiger partial charge in [-0.1, -0.05) is 47.5 Å². The van der Waals surface area contributed by atoms with Gasteiger partial charge in [0.1, 0.15) is 0 Å². The van der Waals surface area contributed by atoms with Crippen molar-refractivity contribution in [1.29, 1.82) is 0 Å². The van der Waals surface area contributed by atoms with Crippen LogP contribution in [0, 0.1) is 0 Å². The largest absolute Gasteiger partial charge is 0.478 e. The number of carboxylic acid groups (broad SMARTS) is 1. The molecule has 0 spiro atoms. The zero-order chi connectivity index (χ0) is 14.3. The van der Waals surface area contributed by atoms with E-state index in [2.05, 4.69) is 4.98 Å².